The van der Waals surface area contributed by atoms with Gasteiger partial charge in [0.05, 0.1) is 15.6 Å². The SMILES string of the molecule is O=[N+]([O-])c1ccc(NCCc2ccc(Cl)cc2)c(Cl)c1. The van der Waals surface area contributed by atoms with Crippen LogP contribution in [-0.2, 0) is 6.42 Å². The van der Waals surface area contributed by atoms with Gasteiger partial charge in [0, 0.05) is 23.7 Å². The van der Waals surface area contributed by atoms with E-state index in [1.807, 2.05) is 24.3 Å². The summed E-state index contributed by atoms with van der Waals surface area (Å²) < 4.78 is 0. The normalized spacial score (nSPS) is 10.3. The molecule has 0 bridgehead atoms. The van der Waals surface area contributed by atoms with Gasteiger partial charge in [-0.05, 0) is 30.2 Å². The van der Waals surface area contributed by atoms with Gasteiger partial charge in [0.15, 0.2) is 0 Å². The van der Waals surface area contributed by atoms with Crippen LogP contribution >= 0.6 is 23.2 Å². The molecule has 0 aliphatic rings. The van der Waals surface area contributed by atoms with Gasteiger partial charge in [-0.1, -0.05) is 35.3 Å². The fraction of sp³-hybridized carbons (Fsp3) is 0.143. The van der Waals surface area contributed by atoms with Crippen molar-refractivity contribution in [2.24, 2.45) is 0 Å². The van der Waals surface area contributed by atoms with Crippen LogP contribution in [0.25, 0.3) is 0 Å². The lowest BCUT2D eigenvalue weighted by Gasteiger charge is -2.08. The first-order chi connectivity index (χ1) is 9.56. The minimum atomic E-state index is -0.469. The number of halogens is 2. The van der Waals surface area contributed by atoms with Crippen LogP contribution in [-0.4, -0.2) is 11.5 Å². The molecule has 0 fully saturated rings. The number of hydrogen-bond donors (Lipinski definition) is 1. The largest absolute Gasteiger partial charge is 0.384 e. The summed E-state index contributed by atoms with van der Waals surface area (Å²) in [7, 11) is 0. The number of nitro benzene ring substituents is 1. The van der Waals surface area contributed by atoms with Crippen LogP contribution in [0.15, 0.2) is 42.5 Å². The smallest absolute Gasteiger partial charge is 0.271 e. The second-order valence-electron chi connectivity index (χ2n) is 4.22. The van der Waals surface area contributed by atoms with E-state index in [2.05, 4.69) is 5.32 Å². The van der Waals surface area contributed by atoms with Crippen molar-refractivity contribution in [1.29, 1.82) is 0 Å². The lowest BCUT2D eigenvalue weighted by molar-refractivity contribution is -0.384. The van der Waals surface area contributed by atoms with Crippen molar-refractivity contribution in [2.75, 3.05) is 11.9 Å². The van der Waals surface area contributed by atoms with E-state index in [0.717, 1.165) is 12.0 Å². The Bertz CT molecular complexity index is 615. The number of benzene rings is 2. The van der Waals surface area contributed by atoms with E-state index < -0.39 is 4.92 Å². The molecule has 0 radical (unpaired) electrons. The molecule has 1 N–H and O–H groups in total. The summed E-state index contributed by atoms with van der Waals surface area (Å²) in [5.41, 5.74) is 1.82. The van der Waals surface area contributed by atoms with Crippen LogP contribution in [0.5, 0.6) is 0 Å². The number of nitrogens with zero attached hydrogens (tertiary/aromatic N) is 1. The lowest BCUT2D eigenvalue weighted by atomic mass is 10.1. The van der Waals surface area contributed by atoms with E-state index in [9.17, 15) is 10.1 Å². The number of nitro groups is 1. The third kappa shape index (κ3) is 3.85. The van der Waals surface area contributed by atoms with Gasteiger partial charge in [-0.3, -0.25) is 10.1 Å². The quantitative estimate of drug-likeness (QED) is 0.650. The average Bonchev–Trinajstić information content (AvgIpc) is 2.42. The molecule has 4 nitrogen and oxygen atoms in total. The first-order valence-corrected chi connectivity index (χ1v) is 6.74. The highest BCUT2D eigenvalue weighted by molar-refractivity contribution is 6.33. The monoisotopic (exact) mass is 310 g/mol. The molecular formula is C14H12Cl2N2O2. The Morgan fingerprint density at radius 2 is 1.80 bits per heavy atom. The van der Waals surface area contributed by atoms with Gasteiger partial charge >= 0.3 is 0 Å². The molecule has 6 heteroatoms. The lowest BCUT2D eigenvalue weighted by Crippen LogP contribution is -2.05. The zero-order valence-electron chi connectivity index (χ0n) is 10.5. The molecule has 0 aliphatic carbocycles. The van der Waals surface area contributed by atoms with Crippen LogP contribution in [0.3, 0.4) is 0 Å². The predicted octanol–water partition coefficient (Wildman–Crippen LogP) is 4.56. The van der Waals surface area contributed by atoms with Crippen LogP contribution in [0.2, 0.25) is 10.0 Å². The molecule has 0 saturated carbocycles. The van der Waals surface area contributed by atoms with Gasteiger partial charge in [-0.2, -0.15) is 0 Å². The molecule has 0 amide bonds. The van der Waals surface area contributed by atoms with Crippen molar-refractivity contribution in [1.82, 2.24) is 0 Å². The minimum Gasteiger partial charge on any atom is -0.384 e. The molecule has 0 saturated heterocycles. The molecule has 104 valence electrons. The van der Waals surface area contributed by atoms with E-state index >= 15 is 0 Å². The molecule has 2 rings (SSSR count). The first-order valence-electron chi connectivity index (χ1n) is 5.98. The Morgan fingerprint density at radius 1 is 1.10 bits per heavy atom. The van der Waals surface area contributed by atoms with E-state index in [0.29, 0.717) is 22.3 Å². The average molecular weight is 311 g/mol. The van der Waals surface area contributed by atoms with E-state index in [4.69, 9.17) is 23.2 Å². The fourth-order valence-electron chi connectivity index (χ4n) is 1.75. The van der Waals surface area contributed by atoms with Crippen LogP contribution < -0.4 is 5.32 Å². The molecule has 0 aliphatic heterocycles. The zero-order valence-corrected chi connectivity index (χ0v) is 12.0. The van der Waals surface area contributed by atoms with Gasteiger partial charge < -0.3 is 5.32 Å². The van der Waals surface area contributed by atoms with Crippen LogP contribution in [0.4, 0.5) is 11.4 Å². The van der Waals surface area contributed by atoms with E-state index in [-0.39, 0.29) is 5.69 Å². The molecule has 0 unspecified atom stereocenters. The summed E-state index contributed by atoms with van der Waals surface area (Å²) in [4.78, 5) is 10.1. The van der Waals surface area contributed by atoms with E-state index in [1.165, 1.54) is 12.1 Å². The predicted molar refractivity (Wildman–Crippen MR) is 81.8 cm³/mol. The first kappa shape index (κ1) is 14.6. The maximum atomic E-state index is 10.6. The Hall–Kier alpha value is -1.78. The zero-order chi connectivity index (χ0) is 14.5. The fourth-order valence-corrected chi connectivity index (χ4v) is 2.12. The van der Waals surface area contributed by atoms with Crippen LogP contribution in [0, 0.1) is 10.1 Å². The summed E-state index contributed by atoms with van der Waals surface area (Å²) in [6.07, 6.45) is 0.810. The molecule has 0 atom stereocenters. The van der Waals surface area contributed by atoms with Crippen molar-refractivity contribution in [3.05, 3.63) is 68.2 Å². The van der Waals surface area contributed by atoms with Crippen molar-refractivity contribution in [3.63, 3.8) is 0 Å². The molecular weight excluding hydrogens is 299 g/mol. The minimum absolute atomic E-state index is 0.0155. The van der Waals surface area contributed by atoms with E-state index in [1.54, 1.807) is 6.07 Å². The van der Waals surface area contributed by atoms with Gasteiger partial charge in [-0.25, -0.2) is 0 Å². The van der Waals surface area contributed by atoms with Crippen LogP contribution in [0.1, 0.15) is 5.56 Å². The Kier molecular flexibility index (Phi) is 4.82. The molecule has 20 heavy (non-hydrogen) atoms. The van der Waals surface area contributed by atoms with Gasteiger partial charge in [-0.15, -0.1) is 0 Å². The Balaban J connectivity index is 1.94. The standard InChI is InChI=1S/C14H12Cl2N2O2/c15-11-3-1-10(2-4-11)7-8-17-14-6-5-12(18(19)20)9-13(14)16/h1-6,9,17H,7-8H2. The second kappa shape index (κ2) is 6.59. The Morgan fingerprint density at radius 3 is 2.40 bits per heavy atom. The maximum Gasteiger partial charge on any atom is 0.271 e. The maximum absolute atomic E-state index is 10.6. The topological polar surface area (TPSA) is 55.2 Å². The van der Waals surface area contributed by atoms with Crippen molar-refractivity contribution >= 4 is 34.6 Å². The molecule has 2 aromatic carbocycles. The molecule has 2 aromatic rings. The van der Waals surface area contributed by atoms with Gasteiger partial charge in [0.2, 0.25) is 0 Å². The number of nitrogens with one attached hydrogen (secondary N) is 1. The third-order valence-corrected chi connectivity index (χ3v) is 3.37. The molecule has 0 heterocycles. The summed E-state index contributed by atoms with van der Waals surface area (Å²) in [5, 5.41) is 14.8. The Labute approximate surface area is 126 Å². The molecule has 0 aromatic heterocycles. The third-order valence-electron chi connectivity index (χ3n) is 2.81. The summed E-state index contributed by atoms with van der Waals surface area (Å²) in [6, 6.07) is 12.0. The molecule has 0 spiro atoms. The number of rotatable bonds is 5. The number of non-ortho nitro benzene ring substituents is 1. The van der Waals surface area contributed by atoms with Gasteiger partial charge in [0.1, 0.15) is 0 Å². The van der Waals surface area contributed by atoms with Gasteiger partial charge in [0.25, 0.3) is 5.69 Å². The number of anilines is 1. The van der Waals surface area contributed by atoms with Crippen molar-refractivity contribution in [2.45, 2.75) is 6.42 Å². The summed E-state index contributed by atoms with van der Waals surface area (Å²) in [5.74, 6) is 0. The highest BCUT2D eigenvalue weighted by atomic mass is 35.5. The second-order valence-corrected chi connectivity index (χ2v) is 5.07. The number of hydrogen-bond acceptors (Lipinski definition) is 3. The van der Waals surface area contributed by atoms with Crippen molar-refractivity contribution < 1.29 is 4.92 Å². The summed E-state index contributed by atoms with van der Waals surface area (Å²) in [6.45, 7) is 0.680. The highest BCUT2D eigenvalue weighted by Crippen LogP contribution is 2.26. The van der Waals surface area contributed by atoms with Crippen molar-refractivity contribution in [3.8, 4) is 0 Å². The summed E-state index contributed by atoms with van der Waals surface area (Å²) >= 11 is 11.8. The highest BCUT2D eigenvalue weighted by Gasteiger charge is 2.08.